The maximum atomic E-state index is 9.49. The van der Waals surface area contributed by atoms with E-state index < -0.39 is 0 Å². The molecule has 0 unspecified atom stereocenters. The summed E-state index contributed by atoms with van der Waals surface area (Å²) < 4.78 is 0. The third-order valence-electron chi connectivity index (χ3n) is 4.00. The van der Waals surface area contributed by atoms with Crippen LogP contribution in [0.15, 0.2) is 23.1 Å². The van der Waals surface area contributed by atoms with Crippen LogP contribution in [0.2, 0.25) is 0 Å². The number of anilines is 1. The molecule has 0 aliphatic heterocycles. The van der Waals surface area contributed by atoms with Crippen LogP contribution in [-0.2, 0) is 0 Å². The van der Waals surface area contributed by atoms with Crippen molar-refractivity contribution in [3.63, 3.8) is 0 Å². The van der Waals surface area contributed by atoms with Gasteiger partial charge in [0.2, 0.25) is 0 Å². The summed E-state index contributed by atoms with van der Waals surface area (Å²) >= 11 is 1.60. The first kappa shape index (κ1) is 15.2. The van der Waals surface area contributed by atoms with E-state index in [1.165, 1.54) is 19.3 Å². The summed E-state index contributed by atoms with van der Waals surface area (Å²) in [5, 5.41) is 18.9. The molecule has 0 radical (unpaired) electrons. The topological polar surface area (TPSA) is 47.3 Å². The highest BCUT2D eigenvalue weighted by atomic mass is 32.2. The van der Waals surface area contributed by atoms with E-state index in [0.717, 1.165) is 29.0 Å². The summed E-state index contributed by atoms with van der Waals surface area (Å²) in [6.45, 7) is 0.738. The van der Waals surface area contributed by atoms with Crippen molar-refractivity contribution in [2.24, 2.45) is 0 Å². The SMILES string of the molecule is CSc1cccc(N(CCO)C2CCCCC2)c1C#N. The van der Waals surface area contributed by atoms with Gasteiger partial charge in [-0.3, -0.25) is 0 Å². The quantitative estimate of drug-likeness (QED) is 0.844. The summed E-state index contributed by atoms with van der Waals surface area (Å²) in [5.41, 5.74) is 1.74. The molecular formula is C16H22N2OS. The van der Waals surface area contributed by atoms with Gasteiger partial charge >= 0.3 is 0 Å². The van der Waals surface area contributed by atoms with Crippen molar-refractivity contribution in [3.8, 4) is 6.07 Å². The molecule has 1 fully saturated rings. The van der Waals surface area contributed by atoms with Gasteiger partial charge < -0.3 is 10.0 Å². The van der Waals surface area contributed by atoms with Crippen molar-refractivity contribution in [1.29, 1.82) is 5.26 Å². The minimum Gasteiger partial charge on any atom is -0.395 e. The zero-order valence-electron chi connectivity index (χ0n) is 12.0. The van der Waals surface area contributed by atoms with Gasteiger partial charge in [0.15, 0.2) is 0 Å². The number of hydrogen-bond donors (Lipinski definition) is 1. The number of aliphatic hydroxyl groups is 1. The Bertz CT molecular complexity index is 478. The van der Waals surface area contributed by atoms with Gasteiger partial charge in [-0.05, 0) is 31.2 Å². The fourth-order valence-electron chi connectivity index (χ4n) is 3.04. The van der Waals surface area contributed by atoms with Crippen LogP contribution in [-0.4, -0.2) is 30.6 Å². The Morgan fingerprint density at radius 1 is 1.35 bits per heavy atom. The highest BCUT2D eigenvalue weighted by Gasteiger charge is 2.23. The maximum absolute atomic E-state index is 9.49. The van der Waals surface area contributed by atoms with Gasteiger partial charge in [-0.25, -0.2) is 0 Å². The Labute approximate surface area is 125 Å². The van der Waals surface area contributed by atoms with E-state index in [-0.39, 0.29) is 6.61 Å². The molecule has 1 aromatic carbocycles. The van der Waals surface area contributed by atoms with E-state index in [2.05, 4.69) is 11.0 Å². The number of rotatable bonds is 5. The molecule has 3 nitrogen and oxygen atoms in total. The van der Waals surface area contributed by atoms with Crippen molar-refractivity contribution in [1.82, 2.24) is 0 Å². The predicted molar refractivity (Wildman–Crippen MR) is 84.2 cm³/mol. The van der Waals surface area contributed by atoms with Crippen LogP contribution in [0, 0.1) is 11.3 Å². The van der Waals surface area contributed by atoms with E-state index in [1.807, 2.05) is 24.5 Å². The lowest BCUT2D eigenvalue weighted by atomic mass is 9.93. The molecule has 0 saturated heterocycles. The van der Waals surface area contributed by atoms with Crippen LogP contribution in [0.25, 0.3) is 0 Å². The van der Waals surface area contributed by atoms with Gasteiger partial charge in [0.05, 0.1) is 17.9 Å². The molecule has 0 bridgehead atoms. The summed E-state index contributed by atoms with van der Waals surface area (Å²) in [5.74, 6) is 0. The lowest BCUT2D eigenvalue weighted by Crippen LogP contribution is -2.39. The average Bonchev–Trinajstić information content (AvgIpc) is 2.52. The highest BCUT2D eigenvalue weighted by Crippen LogP contribution is 2.33. The van der Waals surface area contributed by atoms with Crippen LogP contribution < -0.4 is 4.90 Å². The largest absolute Gasteiger partial charge is 0.395 e. The Morgan fingerprint density at radius 3 is 2.70 bits per heavy atom. The van der Waals surface area contributed by atoms with Crippen molar-refractivity contribution < 1.29 is 5.11 Å². The third-order valence-corrected chi connectivity index (χ3v) is 4.78. The van der Waals surface area contributed by atoms with Gasteiger partial charge in [-0.2, -0.15) is 5.26 Å². The van der Waals surface area contributed by atoms with Gasteiger partial charge in [-0.15, -0.1) is 11.8 Å². The Hall–Kier alpha value is -1.18. The van der Waals surface area contributed by atoms with E-state index >= 15 is 0 Å². The average molecular weight is 290 g/mol. The maximum Gasteiger partial charge on any atom is 0.103 e. The van der Waals surface area contributed by atoms with Gasteiger partial charge in [0, 0.05) is 17.5 Å². The molecule has 108 valence electrons. The van der Waals surface area contributed by atoms with Crippen LogP contribution >= 0.6 is 11.8 Å². The van der Waals surface area contributed by atoms with E-state index in [4.69, 9.17) is 0 Å². The van der Waals surface area contributed by atoms with E-state index in [9.17, 15) is 10.4 Å². The molecule has 1 N–H and O–H groups in total. The first-order valence-corrected chi connectivity index (χ1v) is 8.49. The summed E-state index contributed by atoms with van der Waals surface area (Å²) in [6, 6.07) is 8.82. The molecule has 0 atom stereocenters. The van der Waals surface area contributed by atoms with E-state index in [1.54, 1.807) is 11.8 Å². The predicted octanol–water partition coefficient (Wildman–Crippen LogP) is 3.41. The normalized spacial score (nSPS) is 15.8. The van der Waals surface area contributed by atoms with Gasteiger partial charge in [0.25, 0.3) is 0 Å². The summed E-state index contributed by atoms with van der Waals surface area (Å²) in [4.78, 5) is 3.26. The molecular weight excluding hydrogens is 268 g/mol. The first-order chi connectivity index (χ1) is 9.81. The summed E-state index contributed by atoms with van der Waals surface area (Å²) in [6.07, 6.45) is 8.12. The Morgan fingerprint density at radius 2 is 2.10 bits per heavy atom. The fourth-order valence-corrected chi connectivity index (χ4v) is 3.61. The number of aliphatic hydroxyl groups excluding tert-OH is 1. The molecule has 0 amide bonds. The minimum absolute atomic E-state index is 0.130. The number of nitriles is 1. The molecule has 1 aromatic rings. The third kappa shape index (κ3) is 3.28. The Kier molecular flexibility index (Phi) is 5.75. The second kappa shape index (κ2) is 7.56. The van der Waals surface area contributed by atoms with Crippen molar-refractivity contribution >= 4 is 17.4 Å². The lowest BCUT2D eigenvalue weighted by Gasteiger charge is -2.36. The number of thioether (sulfide) groups is 1. The van der Waals surface area contributed by atoms with Crippen LogP contribution in [0.4, 0.5) is 5.69 Å². The van der Waals surface area contributed by atoms with Crippen LogP contribution in [0.1, 0.15) is 37.7 Å². The Balaban J connectivity index is 2.35. The molecule has 20 heavy (non-hydrogen) atoms. The van der Waals surface area contributed by atoms with Crippen molar-refractivity contribution in [3.05, 3.63) is 23.8 Å². The standard InChI is InChI=1S/C16H22N2OS/c1-20-16-9-5-8-15(14(16)12-17)18(10-11-19)13-6-3-2-4-7-13/h5,8-9,13,19H,2-4,6-7,10-11H2,1H3. The zero-order valence-corrected chi connectivity index (χ0v) is 12.8. The number of nitrogens with zero attached hydrogens (tertiary/aromatic N) is 2. The smallest absolute Gasteiger partial charge is 0.103 e. The fraction of sp³-hybridized carbons (Fsp3) is 0.562. The molecule has 4 heteroatoms. The zero-order chi connectivity index (χ0) is 14.4. The van der Waals surface area contributed by atoms with Gasteiger partial charge in [-0.1, -0.05) is 25.3 Å². The second-order valence-corrected chi connectivity index (χ2v) is 6.02. The monoisotopic (exact) mass is 290 g/mol. The van der Waals surface area contributed by atoms with E-state index in [0.29, 0.717) is 12.6 Å². The molecule has 0 spiro atoms. The van der Waals surface area contributed by atoms with Crippen molar-refractivity contribution in [2.75, 3.05) is 24.3 Å². The van der Waals surface area contributed by atoms with Crippen LogP contribution in [0.3, 0.4) is 0 Å². The molecule has 0 heterocycles. The lowest BCUT2D eigenvalue weighted by molar-refractivity contribution is 0.290. The molecule has 0 aromatic heterocycles. The first-order valence-electron chi connectivity index (χ1n) is 7.26. The minimum atomic E-state index is 0.130. The molecule has 1 saturated carbocycles. The number of hydrogen-bond acceptors (Lipinski definition) is 4. The molecule has 1 aliphatic carbocycles. The van der Waals surface area contributed by atoms with Crippen LogP contribution in [0.5, 0.6) is 0 Å². The molecule has 1 aliphatic rings. The second-order valence-electron chi connectivity index (χ2n) is 5.18. The number of benzene rings is 1. The highest BCUT2D eigenvalue weighted by molar-refractivity contribution is 7.98. The van der Waals surface area contributed by atoms with Crippen molar-refractivity contribution in [2.45, 2.75) is 43.0 Å². The summed E-state index contributed by atoms with van der Waals surface area (Å²) in [7, 11) is 0. The van der Waals surface area contributed by atoms with Gasteiger partial charge in [0.1, 0.15) is 6.07 Å². The molecule has 2 rings (SSSR count).